The van der Waals surface area contributed by atoms with E-state index in [0.717, 1.165) is 0 Å². The van der Waals surface area contributed by atoms with E-state index in [1.54, 1.807) is 48.5 Å². The van der Waals surface area contributed by atoms with Crippen molar-refractivity contribution in [3.63, 3.8) is 0 Å². The lowest BCUT2D eigenvalue weighted by Crippen LogP contribution is -2.05. The minimum Gasteiger partial charge on any atom is -0.508 e. The van der Waals surface area contributed by atoms with Gasteiger partial charge in [-0.1, -0.05) is 24.3 Å². The highest BCUT2D eigenvalue weighted by molar-refractivity contribution is 5.87. The maximum absolute atomic E-state index is 13.1. The molecule has 2 heterocycles. The Kier molecular flexibility index (Phi) is 5.05. The Labute approximate surface area is 208 Å². The highest BCUT2D eigenvalue weighted by Gasteiger charge is 2.17. The van der Waals surface area contributed by atoms with E-state index in [0.29, 0.717) is 27.7 Å². The smallest absolute Gasteiger partial charge is 0.200 e. The molecule has 0 radical (unpaired) electrons. The zero-order chi connectivity index (χ0) is 25.7. The van der Waals surface area contributed by atoms with Gasteiger partial charge in [0, 0.05) is 17.2 Å². The summed E-state index contributed by atoms with van der Waals surface area (Å²) in [7, 11) is 0. The molecular formula is C30H18O7. The monoisotopic (exact) mass is 490 g/mol. The first-order chi connectivity index (χ1) is 17.9. The minimum absolute atomic E-state index is 0.0221. The molecule has 0 saturated carbocycles. The molecule has 0 atom stereocenters. The van der Waals surface area contributed by atoms with E-state index < -0.39 is 0 Å². The van der Waals surface area contributed by atoms with Crippen molar-refractivity contribution in [1.29, 1.82) is 0 Å². The van der Waals surface area contributed by atoms with Crippen LogP contribution in [0.4, 0.5) is 0 Å². The van der Waals surface area contributed by atoms with Gasteiger partial charge in [0.2, 0.25) is 0 Å². The lowest BCUT2D eigenvalue weighted by Gasteiger charge is -2.12. The van der Waals surface area contributed by atoms with Crippen molar-refractivity contribution >= 4 is 21.9 Å². The molecule has 0 saturated heterocycles. The van der Waals surface area contributed by atoms with E-state index >= 15 is 0 Å². The van der Waals surface area contributed by atoms with Crippen LogP contribution < -0.4 is 10.9 Å². The minimum atomic E-state index is -0.315. The standard InChI is InChI=1S/C30H18O7/c31-18-7-8-20-28(13-18)37-15-24(30(20)35)17-6-10-26(33)22(12-17)21-11-16(5-9-25(21)32)23-14-36-27-4-2-1-3-19(27)29(23)34/h1-15,31-33H. The number of para-hydroxylation sites is 1. The van der Waals surface area contributed by atoms with E-state index in [4.69, 9.17) is 8.83 Å². The average Bonchev–Trinajstić information content (AvgIpc) is 2.90. The molecule has 0 spiro atoms. The van der Waals surface area contributed by atoms with Crippen LogP contribution in [0, 0.1) is 0 Å². The Balaban J connectivity index is 1.50. The summed E-state index contributed by atoms with van der Waals surface area (Å²) < 4.78 is 11.2. The number of hydrogen-bond donors (Lipinski definition) is 3. The highest BCUT2D eigenvalue weighted by atomic mass is 16.3. The third-order valence-electron chi connectivity index (χ3n) is 6.34. The zero-order valence-corrected chi connectivity index (χ0v) is 19.1. The van der Waals surface area contributed by atoms with Crippen molar-refractivity contribution < 1.29 is 24.2 Å². The van der Waals surface area contributed by atoms with Crippen LogP contribution in [0.3, 0.4) is 0 Å². The van der Waals surface area contributed by atoms with Crippen molar-refractivity contribution in [2.45, 2.75) is 0 Å². The molecule has 0 fully saturated rings. The lowest BCUT2D eigenvalue weighted by atomic mass is 9.95. The molecule has 2 aromatic heterocycles. The van der Waals surface area contributed by atoms with Gasteiger partial charge in [-0.2, -0.15) is 0 Å². The molecule has 7 heteroatoms. The third kappa shape index (κ3) is 3.70. The first kappa shape index (κ1) is 22.2. The fraction of sp³-hybridized carbons (Fsp3) is 0. The number of rotatable bonds is 3. The van der Waals surface area contributed by atoms with Crippen LogP contribution in [0.25, 0.3) is 55.3 Å². The number of hydrogen-bond acceptors (Lipinski definition) is 7. The first-order valence-electron chi connectivity index (χ1n) is 11.3. The lowest BCUT2D eigenvalue weighted by molar-refractivity contribution is 0.469. The predicted octanol–water partition coefficient (Wildman–Crippen LogP) is 6.02. The quantitative estimate of drug-likeness (QED) is 0.277. The summed E-state index contributed by atoms with van der Waals surface area (Å²) in [5, 5.41) is 31.7. The number of aromatic hydroxyl groups is 3. The Morgan fingerprint density at radius 2 is 1.05 bits per heavy atom. The number of phenolic OH excluding ortho intramolecular Hbond substituents is 3. The Morgan fingerprint density at radius 3 is 1.68 bits per heavy atom. The molecule has 0 aliphatic rings. The van der Waals surface area contributed by atoms with Crippen LogP contribution in [-0.2, 0) is 0 Å². The second kappa shape index (κ2) is 8.42. The van der Waals surface area contributed by atoms with E-state index in [1.807, 2.05) is 0 Å². The van der Waals surface area contributed by atoms with Gasteiger partial charge in [0.25, 0.3) is 0 Å². The Hall–Kier alpha value is -5.30. The molecule has 0 bridgehead atoms. The maximum Gasteiger partial charge on any atom is 0.200 e. The van der Waals surface area contributed by atoms with E-state index in [2.05, 4.69) is 0 Å². The van der Waals surface area contributed by atoms with Gasteiger partial charge in [-0.3, -0.25) is 9.59 Å². The first-order valence-corrected chi connectivity index (χ1v) is 11.3. The van der Waals surface area contributed by atoms with Crippen LogP contribution >= 0.6 is 0 Å². The van der Waals surface area contributed by atoms with Crippen molar-refractivity contribution in [3.05, 3.63) is 112 Å². The fourth-order valence-electron chi connectivity index (χ4n) is 4.43. The topological polar surface area (TPSA) is 121 Å². The van der Waals surface area contributed by atoms with Crippen molar-refractivity contribution in [2.24, 2.45) is 0 Å². The van der Waals surface area contributed by atoms with E-state index in [1.165, 1.54) is 42.9 Å². The summed E-state index contributed by atoms with van der Waals surface area (Å²) in [5.74, 6) is -0.273. The van der Waals surface area contributed by atoms with Gasteiger partial charge in [0.1, 0.15) is 40.9 Å². The summed E-state index contributed by atoms with van der Waals surface area (Å²) in [5.41, 5.74) is 2.16. The maximum atomic E-state index is 13.1. The van der Waals surface area contributed by atoms with E-state index in [-0.39, 0.29) is 55.8 Å². The van der Waals surface area contributed by atoms with E-state index in [9.17, 15) is 24.9 Å². The summed E-state index contributed by atoms with van der Waals surface area (Å²) >= 11 is 0. The summed E-state index contributed by atoms with van der Waals surface area (Å²) in [6.07, 6.45) is 2.66. The summed E-state index contributed by atoms with van der Waals surface area (Å²) in [6, 6.07) is 20.3. The number of phenols is 3. The van der Waals surface area contributed by atoms with Gasteiger partial charge in [-0.25, -0.2) is 0 Å². The van der Waals surface area contributed by atoms with Crippen molar-refractivity contribution in [2.75, 3.05) is 0 Å². The molecule has 7 nitrogen and oxygen atoms in total. The molecule has 0 amide bonds. The van der Waals surface area contributed by atoms with Gasteiger partial charge in [-0.15, -0.1) is 0 Å². The molecule has 6 rings (SSSR count). The van der Waals surface area contributed by atoms with Crippen molar-refractivity contribution in [3.8, 4) is 50.6 Å². The fourth-order valence-corrected chi connectivity index (χ4v) is 4.43. The van der Waals surface area contributed by atoms with Gasteiger partial charge in [0.05, 0.1) is 21.9 Å². The molecular weight excluding hydrogens is 472 g/mol. The molecule has 4 aromatic carbocycles. The van der Waals surface area contributed by atoms with Crippen LogP contribution in [0.15, 0.2) is 110 Å². The third-order valence-corrected chi connectivity index (χ3v) is 6.34. The summed E-state index contributed by atoms with van der Waals surface area (Å²) in [6.45, 7) is 0. The Morgan fingerprint density at radius 1 is 0.514 bits per heavy atom. The molecule has 37 heavy (non-hydrogen) atoms. The van der Waals surface area contributed by atoms with Gasteiger partial charge in [0.15, 0.2) is 10.9 Å². The van der Waals surface area contributed by atoms with Crippen LogP contribution in [0.1, 0.15) is 0 Å². The normalized spacial score (nSPS) is 11.2. The Bertz CT molecular complexity index is 1960. The second-order valence-electron chi connectivity index (χ2n) is 8.60. The second-order valence-corrected chi connectivity index (χ2v) is 8.60. The number of benzene rings is 4. The molecule has 180 valence electrons. The van der Waals surface area contributed by atoms with Crippen LogP contribution in [0.2, 0.25) is 0 Å². The SMILES string of the molecule is O=c1c(-c2ccc(O)c(-c3cc(-c4coc5cc(O)ccc5c4=O)ccc3O)c2)coc2ccccc12. The number of fused-ring (bicyclic) bond motifs is 2. The van der Waals surface area contributed by atoms with Crippen LogP contribution in [-0.4, -0.2) is 15.3 Å². The molecule has 0 unspecified atom stereocenters. The zero-order valence-electron chi connectivity index (χ0n) is 19.1. The van der Waals surface area contributed by atoms with Gasteiger partial charge < -0.3 is 24.2 Å². The molecule has 6 aromatic rings. The van der Waals surface area contributed by atoms with Crippen LogP contribution in [0.5, 0.6) is 17.2 Å². The van der Waals surface area contributed by atoms with Gasteiger partial charge >= 0.3 is 0 Å². The van der Waals surface area contributed by atoms with Crippen molar-refractivity contribution in [1.82, 2.24) is 0 Å². The van der Waals surface area contributed by atoms with Gasteiger partial charge in [-0.05, 0) is 59.7 Å². The average molecular weight is 490 g/mol. The molecule has 0 aliphatic heterocycles. The molecule has 3 N–H and O–H groups in total. The summed E-state index contributed by atoms with van der Waals surface area (Å²) in [4.78, 5) is 26.2. The largest absolute Gasteiger partial charge is 0.508 e. The predicted molar refractivity (Wildman–Crippen MR) is 140 cm³/mol. The molecule has 0 aliphatic carbocycles. The highest BCUT2D eigenvalue weighted by Crippen LogP contribution is 2.40.